The number of furan rings is 1. The van der Waals surface area contributed by atoms with Crippen LogP contribution in [0.1, 0.15) is 48.2 Å². The summed E-state index contributed by atoms with van der Waals surface area (Å²) in [6.07, 6.45) is 0.918. The number of hydrogen-bond donors (Lipinski definition) is 3. The lowest BCUT2D eigenvalue weighted by molar-refractivity contribution is 0.0682. The monoisotopic (exact) mass is 362 g/mol. The number of hydrogen-bond acceptors (Lipinski definition) is 6. The number of ether oxygens (including phenoxy) is 2. The molecule has 3 N–H and O–H groups in total. The highest BCUT2D eigenvalue weighted by atomic mass is 16.6. The van der Waals surface area contributed by atoms with Gasteiger partial charge in [0.15, 0.2) is 5.82 Å². The molecule has 0 spiro atoms. The topological polar surface area (TPSA) is 118 Å². The average molecular weight is 362 g/mol. The van der Waals surface area contributed by atoms with E-state index < -0.39 is 6.09 Å². The summed E-state index contributed by atoms with van der Waals surface area (Å²) in [6, 6.07) is 3.31. The van der Waals surface area contributed by atoms with Gasteiger partial charge in [0.25, 0.3) is 5.91 Å². The van der Waals surface area contributed by atoms with Gasteiger partial charge in [0.2, 0.25) is 0 Å². The Bertz CT molecular complexity index is 782. The quantitative estimate of drug-likeness (QED) is 0.752. The van der Waals surface area contributed by atoms with Crippen LogP contribution < -0.4 is 10.6 Å². The number of aryl methyl sites for hydroxylation is 1. The number of carbonyl (C=O) groups excluding carboxylic acids is 2. The van der Waals surface area contributed by atoms with Gasteiger partial charge in [-0.05, 0) is 26.8 Å². The van der Waals surface area contributed by atoms with E-state index in [0.29, 0.717) is 35.9 Å². The number of alkyl carbamates (subject to hydrolysis) is 1. The fraction of sp³-hybridized carbons (Fsp3) is 0.471. The molecule has 2 aromatic rings. The van der Waals surface area contributed by atoms with Crippen molar-refractivity contribution in [3.8, 4) is 0 Å². The van der Waals surface area contributed by atoms with Crippen LogP contribution in [0.4, 0.5) is 10.6 Å². The minimum atomic E-state index is -0.456. The molecule has 26 heavy (non-hydrogen) atoms. The molecule has 0 aliphatic carbocycles. The third kappa shape index (κ3) is 4.23. The van der Waals surface area contributed by atoms with Gasteiger partial charge >= 0.3 is 6.09 Å². The Morgan fingerprint density at radius 2 is 2.23 bits per heavy atom. The molecule has 1 fully saturated rings. The summed E-state index contributed by atoms with van der Waals surface area (Å²) >= 11 is 0. The van der Waals surface area contributed by atoms with Crippen molar-refractivity contribution in [2.24, 2.45) is 0 Å². The molecule has 3 rings (SSSR count). The normalized spacial score (nSPS) is 19.5. The summed E-state index contributed by atoms with van der Waals surface area (Å²) in [5.41, 5.74) is 1.16. The first-order chi connectivity index (χ1) is 12.4. The van der Waals surface area contributed by atoms with Crippen molar-refractivity contribution < 1.29 is 23.5 Å². The van der Waals surface area contributed by atoms with Gasteiger partial charge in [-0.25, -0.2) is 4.79 Å². The Balaban J connectivity index is 1.54. The fourth-order valence-corrected chi connectivity index (χ4v) is 2.69. The second-order valence-corrected chi connectivity index (χ2v) is 6.44. The number of nitrogens with one attached hydrogen (secondary N) is 3. The molecule has 0 saturated carbocycles. The molecule has 2 aromatic heterocycles. The van der Waals surface area contributed by atoms with Gasteiger partial charge in [-0.1, -0.05) is 0 Å². The summed E-state index contributed by atoms with van der Waals surface area (Å²) in [6.45, 7) is 5.75. The number of H-pyrrole nitrogens is 1. The predicted octanol–water partition coefficient (Wildman–Crippen LogP) is 2.53. The highest BCUT2D eigenvalue weighted by molar-refractivity contribution is 6.04. The largest absolute Gasteiger partial charge is 0.469 e. The van der Waals surface area contributed by atoms with Crippen LogP contribution in [0, 0.1) is 6.92 Å². The van der Waals surface area contributed by atoms with Crippen LogP contribution >= 0.6 is 0 Å². The summed E-state index contributed by atoms with van der Waals surface area (Å²) in [7, 11) is 0. The van der Waals surface area contributed by atoms with Crippen molar-refractivity contribution in [2.45, 2.75) is 45.4 Å². The van der Waals surface area contributed by atoms with Gasteiger partial charge in [-0.3, -0.25) is 9.89 Å². The van der Waals surface area contributed by atoms with E-state index in [0.717, 1.165) is 0 Å². The molecule has 3 heterocycles. The molecule has 0 aromatic carbocycles. The Morgan fingerprint density at radius 3 is 2.92 bits per heavy atom. The van der Waals surface area contributed by atoms with Crippen LogP contribution in [0.5, 0.6) is 0 Å². The van der Waals surface area contributed by atoms with Gasteiger partial charge in [0.05, 0.1) is 24.1 Å². The average Bonchev–Trinajstić information content (AvgIpc) is 3.27. The third-order valence-corrected chi connectivity index (χ3v) is 3.93. The number of nitrogens with zero attached hydrogens (tertiary/aromatic N) is 1. The molecular weight excluding hydrogens is 340 g/mol. The minimum absolute atomic E-state index is 0.0123. The van der Waals surface area contributed by atoms with Crippen LogP contribution in [0.25, 0.3) is 0 Å². The molecule has 0 unspecified atom stereocenters. The molecule has 2 amide bonds. The summed E-state index contributed by atoms with van der Waals surface area (Å²) in [4.78, 5) is 23.8. The van der Waals surface area contributed by atoms with Gasteiger partial charge in [-0.15, -0.1) is 0 Å². The molecule has 9 heteroatoms. The molecule has 2 atom stereocenters. The highest BCUT2D eigenvalue weighted by Gasteiger charge is 2.31. The Morgan fingerprint density at radius 1 is 1.42 bits per heavy atom. The van der Waals surface area contributed by atoms with Gasteiger partial charge in [-0.2, -0.15) is 5.10 Å². The van der Waals surface area contributed by atoms with E-state index in [9.17, 15) is 9.59 Å². The van der Waals surface area contributed by atoms with Crippen molar-refractivity contribution in [3.05, 3.63) is 35.4 Å². The molecular formula is C17H22N4O5. The van der Waals surface area contributed by atoms with Gasteiger partial charge < -0.3 is 24.5 Å². The molecule has 9 nitrogen and oxygen atoms in total. The smallest absolute Gasteiger partial charge is 0.407 e. The van der Waals surface area contributed by atoms with E-state index in [-0.39, 0.29) is 24.2 Å². The van der Waals surface area contributed by atoms with Crippen LogP contribution in [0.2, 0.25) is 0 Å². The lowest BCUT2D eigenvalue weighted by Gasteiger charge is -2.13. The van der Waals surface area contributed by atoms with E-state index in [1.54, 1.807) is 19.1 Å². The summed E-state index contributed by atoms with van der Waals surface area (Å²) < 4.78 is 16.1. The van der Waals surface area contributed by atoms with Crippen molar-refractivity contribution in [3.63, 3.8) is 0 Å². The zero-order chi connectivity index (χ0) is 18.7. The van der Waals surface area contributed by atoms with Crippen LogP contribution in [-0.2, 0) is 9.47 Å². The second-order valence-electron chi connectivity index (χ2n) is 6.44. The summed E-state index contributed by atoms with van der Waals surface area (Å²) in [5, 5.41) is 12.3. The van der Waals surface area contributed by atoms with Crippen LogP contribution in [0.3, 0.4) is 0 Å². The molecule has 1 aliphatic rings. The maximum atomic E-state index is 12.2. The molecule has 1 aliphatic heterocycles. The molecule has 1 saturated heterocycles. The van der Waals surface area contributed by atoms with Gasteiger partial charge in [0.1, 0.15) is 18.0 Å². The number of amides is 2. The number of anilines is 1. The number of aromatic nitrogens is 2. The van der Waals surface area contributed by atoms with E-state index in [1.807, 2.05) is 13.8 Å². The first-order valence-electron chi connectivity index (χ1n) is 8.42. The molecule has 0 bridgehead atoms. The Hall–Kier alpha value is -2.81. The highest BCUT2D eigenvalue weighted by Crippen LogP contribution is 2.30. The van der Waals surface area contributed by atoms with E-state index in [1.165, 1.54) is 6.26 Å². The standard InChI is InChI=1S/C17H22N4O5/c1-9(2)18-17(23)26-11-6-14(25-8-11)13-7-15(21-20-13)19-16(22)12-4-5-24-10(12)3/h4-5,7,9,11,14H,6,8H2,1-3H3,(H,18,23)(H2,19,20,21,22)/t11-,14-/m1/s1. The van der Waals surface area contributed by atoms with E-state index in [2.05, 4.69) is 20.8 Å². The van der Waals surface area contributed by atoms with Gasteiger partial charge in [0, 0.05) is 18.5 Å². The number of aromatic amines is 1. The second kappa shape index (κ2) is 7.61. The number of carbonyl (C=O) groups is 2. The fourth-order valence-electron chi connectivity index (χ4n) is 2.69. The van der Waals surface area contributed by atoms with Crippen LogP contribution in [-0.4, -0.2) is 41.0 Å². The molecule has 140 valence electrons. The zero-order valence-electron chi connectivity index (χ0n) is 14.9. The maximum absolute atomic E-state index is 12.2. The Kier molecular flexibility index (Phi) is 5.27. The summed E-state index contributed by atoms with van der Waals surface area (Å²) in [5.74, 6) is 0.626. The van der Waals surface area contributed by atoms with Crippen molar-refractivity contribution in [1.29, 1.82) is 0 Å². The molecule has 0 radical (unpaired) electrons. The Labute approximate surface area is 150 Å². The predicted molar refractivity (Wildman–Crippen MR) is 91.8 cm³/mol. The lowest BCUT2D eigenvalue weighted by atomic mass is 10.1. The van der Waals surface area contributed by atoms with E-state index in [4.69, 9.17) is 13.9 Å². The van der Waals surface area contributed by atoms with Crippen molar-refractivity contribution in [2.75, 3.05) is 11.9 Å². The minimum Gasteiger partial charge on any atom is -0.469 e. The van der Waals surface area contributed by atoms with E-state index >= 15 is 0 Å². The van der Waals surface area contributed by atoms with Crippen molar-refractivity contribution >= 4 is 17.8 Å². The third-order valence-electron chi connectivity index (χ3n) is 3.93. The number of rotatable bonds is 5. The zero-order valence-corrected chi connectivity index (χ0v) is 14.9. The SMILES string of the molecule is Cc1occc1C(=O)Nc1cc([C@H]2C[C@@H](OC(=O)NC(C)C)CO2)[nH]n1. The first kappa shape index (κ1) is 18.0. The maximum Gasteiger partial charge on any atom is 0.407 e. The van der Waals surface area contributed by atoms with Crippen molar-refractivity contribution in [1.82, 2.24) is 15.5 Å². The van der Waals surface area contributed by atoms with Crippen LogP contribution in [0.15, 0.2) is 22.8 Å². The lowest BCUT2D eigenvalue weighted by Crippen LogP contribution is -2.33. The first-order valence-corrected chi connectivity index (χ1v) is 8.42.